The normalized spacial score (nSPS) is 11.0. The Morgan fingerprint density at radius 3 is 2.28 bits per heavy atom. The van der Waals surface area contributed by atoms with E-state index in [9.17, 15) is 0 Å². The molecule has 0 spiro atoms. The largest absolute Gasteiger partial charge is 0.497 e. The Bertz CT molecular complexity index is 1160. The van der Waals surface area contributed by atoms with Gasteiger partial charge in [-0.2, -0.15) is 5.10 Å². The van der Waals surface area contributed by atoms with Gasteiger partial charge in [0.1, 0.15) is 17.2 Å². The molecule has 0 unspecified atom stereocenters. The number of nitrogens with zero attached hydrogens (tertiary/aromatic N) is 3. The number of anilines is 1. The van der Waals surface area contributed by atoms with Gasteiger partial charge >= 0.3 is 0 Å². The first-order valence-corrected chi connectivity index (χ1v) is 9.12. The van der Waals surface area contributed by atoms with Crippen LogP contribution in [0.4, 0.5) is 5.82 Å². The van der Waals surface area contributed by atoms with Gasteiger partial charge in [0, 0.05) is 17.2 Å². The molecule has 1 N–H and O–H groups in total. The number of aromatic nitrogens is 2. The summed E-state index contributed by atoms with van der Waals surface area (Å²) in [4.78, 5) is 9.50. The van der Waals surface area contributed by atoms with Gasteiger partial charge < -0.3 is 9.47 Å². The smallest absolute Gasteiger partial charge is 0.173 e. The first-order chi connectivity index (χ1) is 14.3. The van der Waals surface area contributed by atoms with Gasteiger partial charge in [0.05, 0.1) is 31.5 Å². The van der Waals surface area contributed by atoms with Gasteiger partial charge in [-0.25, -0.2) is 9.97 Å². The van der Waals surface area contributed by atoms with Crippen LogP contribution in [0.5, 0.6) is 11.5 Å². The van der Waals surface area contributed by atoms with Crippen molar-refractivity contribution in [2.24, 2.45) is 5.10 Å². The van der Waals surface area contributed by atoms with Crippen LogP contribution in [-0.2, 0) is 0 Å². The summed E-state index contributed by atoms with van der Waals surface area (Å²) in [5.41, 5.74) is 7.19. The van der Waals surface area contributed by atoms with Crippen molar-refractivity contribution >= 4 is 23.1 Å². The van der Waals surface area contributed by atoms with E-state index < -0.39 is 0 Å². The second-order valence-corrected chi connectivity index (χ2v) is 6.25. The summed E-state index contributed by atoms with van der Waals surface area (Å²) < 4.78 is 10.6. The summed E-state index contributed by atoms with van der Waals surface area (Å²) in [5, 5.41) is 4.37. The molecule has 4 rings (SSSR count). The molecule has 0 fully saturated rings. The highest BCUT2D eigenvalue weighted by atomic mass is 16.5. The summed E-state index contributed by atoms with van der Waals surface area (Å²) in [7, 11) is 3.23. The van der Waals surface area contributed by atoms with Gasteiger partial charge in [-0.15, -0.1) is 0 Å². The first kappa shape index (κ1) is 18.4. The summed E-state index contributed by atoms with van der Waals surface area (Å²) in [6.07, 6.45) is 1.68. The van der Waals surface area contributed by atoms with Crippen LogP contribution in [0.15, 0.2) is 77.9 Å². The summed E-state index contributed by atoms with van der Waals surface area (Å²) in [6.45, 7) is 0. The van der Waals surface area contributed by atoms with Crippen molar-refractivity contribution in [2.75, 3.05) is 19.6 Å². The third-order valence-corrected chi connectivity index (χ3v) is 4.43. The summed E-state index contributed by atoms with van der Waals surface area (Å²) in [6, 6.07) is 23.2. The van der Waals surface area contributed by atoms with Crippen LogP contribution in [0.1, 0.15) is 5.56 Å². The zero-order valence-electron chi connectivity index (χ0n) is 16.2. The van der Waals surface area contributed by atoms with Crippen molar-refractivity contribution in [3.63, 3.8) is 0 Å². The average molecular weight is 384 g/mol. The minimum Gasteiger partial charge on any atom is -0.497 e. The van der Waals surface area contributed by atoms with Crippen molar-refractivity contribution in [3.8, 4) is 22.8 Å². The zero-order chi connectivity index (χ0) is 20.1. The molecular weight excluding hydrogens is 364 g/mol. The highest BCUT2D eigenvalue weighted by Gasteiger charge is 2.10. The van der Waals surface area contributed by atoms with Crippen LogP contribution >= 0.6 is 0 Å². The minimum atomic E-state index is 0.582. The lowest BCUT2D eigenvalue weighted by Gasteiger charge is -2.10. The Kier molecular flexibility index (Phi) is 5.33. The van der Waals surface area contributed by atoms with Crippen molar-refractivity contribution in [1.82, 2.24) is 9.97 Å². The Morgan fingerprint density at radius 2 is 1.55 bits per heavy atom. The van der Waals surface area contributed by atoms with Crippen LogP contribution in [0, 0.1) is 0 Å². The lowest BCUT2D eigenvalue weighted by atomic mass is 10.1. The summed E-state index contributed by atoms with van der Waals surface area (Å²) in [5.74, 6) is 1.97. The highest BCUT2D eigenvalue weighted by Crippen LogP contribution is 2.27. The number of nitrogens with one attached hydrogen (secondary N) is 1. The van der Waals surface area contributed by atoms with Crippen LogP contribution in [0.3, 0.4) is 0 Å². The van der Waals surface area contributed by atoms with Gasteiger partial charge in [-0.3, -0.25) is 5.43 Å². The second kappa shape index (κ2) is 8.39. The summed E-state index contributed by atoms with van der Waals surface area (Å²) >= 11 is 0. The molecule has 0 atom stereocenters. The van der Waals surface area contributed by atoms with Gasteiger partial charge in [0.25, 0.3) is 0 Å². The molecular formula is C23H20N4O2. The molecule has 0 saturated carbocycles. The third-order valence-electron chi connectivity index (χ3n) is 4.43. The maximum atomic E-state index is 5.41. The molecule has 4 aromatic rings. The molecule has 0 aliphatic carbocycles. The Hall–Kier alpha value is -3.93. The molecule has 0 aliphatic heterocycles. The van der Waals surface area contributed by atoms with E-state index in [4.69, 9.17) is 19.4 Å². The second-order valence-electron chi connectivity index (χ2n) is 6.25. The Labute approximate surface area is 168 Å². The number of fused-ring (bicyclic) bond motifs is 1. The van der Waals surface area contributed by atoms with Crippen LogP contribution in [0.2, 0.25) is 0 Å². The molecule has 0 saturated heterocycles. The molecule has 0 radical (unpaired) electrons. The van der Waals surface area contributed by atoms with Crippen molar-refractivity contribution in [2.45, 2.75) is 0 Å². The third kappa shape index (κ3) is 4.01. The van der Waals surface area contributed by atoms with Crippen LogP contribution in [0.25, 0.3) is 22.3 Å². The Morgan fingerprint density at radius 1 is 0.828 bits per heavy atom. The minimum absolute atomic E-state index is 0.582. The quantitative estimate of drug-likeness (QED) is 0.383. The molecule has 1 aromatic heterocycles. The van der Waals surface area contributed by atoms with Crippen molar-refractivity contribution in [1.29, 1.82) is 0 Å². The van der Waals surface area contributed by atoms with E-state index in [-0.39, 0.29) is 0 Å². The monoisotopic (exact) mass is 384 g/mol. The number of para-hydroxylation sites is 2. The zero-order valence-corrected chi connectivity index (χ0v) is 16.2. The van der Waals surface area contributed by atoms with E-state index in [0.29, 0.717) is 11.6 Å². The van der Waals surface area contributed by atoms with Gasteiger partial charge in [-0.1, -0.05) is 42.5 Å². The number of hydrogen-bond donors (Lipinski definition) is 1. The van der Waals surface area contributed by atoms with Gasteiger partial charge in [0.2, 0.25) is 0 Å². The first-order valence-electron chi connectivity index (χ1n) is 9.12. The number of methoxy groups -OCH3 is 2. The molecule has 29 heavy (non-hydrogen) atoms. The number of benzene rings is 3. The van der Waals surface area contributed by atoms with Crippen LogP contribution < -0.4 is 14.9 Å². The van der Waals surface area contributed by atoms with Crippen LogP contribution in [-0.4, -0.2) is 30.4 Å². The maximum absolute atomic E-state index is 5.41. The number of hydrogen-bond acceptors (Lipinski definition) is 6. The molecule has 3 aromatic carbocycles. The fraction of sp³-hybridized carbons (Fsp3) is 0.0870. The van der Waals surface area contributed by atoms with E-state index in [1.54, 1.807) is 20.4 Å². The van der Waals surface area contributed by atoms with Crippen molar-refractivity contribution < 1.29 is 9.47 Å². The molecule has 6 nitrogen and oxygen atoms in total. The SMILES string of the molecule is COc1ccc(/C=N/Nc2nc3ccccc3nc2-c2ccccc2)c(OC)c1. The fourth-order valence-electron chi connectivity index (χ4n) is 2.96. The van der Waals surface area contributed by atoms with E-state index in [0.717, 1.165) is 33.6 Å². The van der Waals surface area contributed by atoms with E-state index in [1.807, 2.05) is 72.8 Å². The van der Waals surface area contributed by atoms with Crippen molar-refractivity contribution in [3.05, 3.63) is 78.4 Å². The van der Waals surface area contributed by atoms with Gasteiger partial charge in [-0.05, 0) is 24.3 Å². The molecule has 6 heteroatoms. The van der Waals surface area contributed by atoms with E-state index >= 15 is 0 Å². The predicted octanol–water partition coefficient (Wildman–Crippen LogP) is 4.76. The number of hydrazone groups is 1. The van der Waals surface area contributed by atoms with Gasteiger partial charge in [0.15, 0.2) is 5.82 Å². The maximum Gasteiger partial charge on any atom is 0.173 e. The average Bonchev–Trinajstić information content (AvgIpc) is 2.79. The number of ether oxygens (including phenoxy) is 2. The Balaban J connectivity index is 1.69. The van der Waals surface area contributed by atoms with E-state index in [1.165, 1.54) is 0 Å². The molecule has 0 amide bonds. The number of rotatable bonds is 6. The topological polar surface area (TPSA) is 68.6 Å². The molecule has 144 valence electrons. The standard InChI is InChI=1S/C23H20N4O2/c1-28-18-13-12-17(21(14-18)29-2)15-24-27-23-22(16-8-4-3-5-9-16)25-19-10-6-7-11-20(19)26-23/h3-15H,1-2H3,(H,26,27)/b24-15+. The fourth-order valence-corrected chi connectivity index (χ4v) is 2.96. The van der Waals surface area contributed by atoms with E-state index in [2.05, 4.69) is 10.5 Å². The predicted molar refractivity (Wildman–Crippen MR) is 116 cm³/mol. The molecule has 0 aliphatic rings. The molecule has 0 bridgehead atoms. The lowest BCUT2D eigenvalue weighted by Crippen LogP contribution is -2.00. The lowest BCUT2D eigenvalue weighted by molar-refractivity contribution is 0.394. The molecule has 1 heterocycles. The highest BCUT2D eigenvalue weighted by molar-refractivity contribution is 5.86.